The lowest BCUT2D eigenvalue weighted by Gasteiger charge is -2.45. The van der Waals surface area contributed by atoms with Gasteiger partial charge < -0.3 is 64.2 Å². The number of carbonyl (C=O) groups excluding carboxylic acids is 1. The number of methoxy groups -OCH3 is 1. The number of fused-ring (bicyclic) bond motifs is 1. The van der Waals surface area contributed by atoms with Crippen molar-refractivity contribution in [3.8, 4) is 23.0 Å². The second-order valence-corrected chi connectivity index (χ2v) is 10.4. The lowest BCUT2D eigenvalue weighted by Crippen LogP contribution is -2.64. The van der Waals surface area contributed by atoms with Crippen molar-refractivity contribution in [2.75, 3.05) is 13.7 Å². The van der Waals surface area contributed by atoms with Gasteiger partial charge >= 0.3 is 0 Å². The lowest BCUT2D eigenvalue weighted by molar-refractivity contribution is -0.354. The van der Waals surface area contributed by atoms with Gasteiger partial charge in [-0.05, 0) is 24.6 Å². The van der Waals surface area contributed by atoms with Crippen molar-refractivity contribution in [1.29, 1.82) is 0 Å². The fraction of sp³-hybridized carbons (Fsp3) is 0.536. The number of aliphatic hydroxyl groups excluding tert-OH is 6. The average Bonchev–Trinajstić information content (AvgIpc) is 2.97. The predicted octanol–water partition coefficient (Wildman–Crippen LogP) is -0.862. The molecule has 0 spiro atoms. The molecule has 0 unspecified atom stereocenters. The fourth-order valence-electron chi connectivity index (χ4n) is 5.20. The van der Waals surface area contributed by atoms with Gasteiger partial charge in [0.25, 0.3) is 0 Å². The van der Waals surface area contributed by atoms with Crippen molar-refractivity contribution < 1.29 is 69.0 Å². The van der Waals surface area contributed by atoms with Crippen LogP contribution in [-0.4, -0.2) is 117 Å². The number of hydrogen-bond acceptors (Lipinski definition) is 14. The molecule has 7 N–H and O–H groups in total. The van der Waals surface area contributed by atoms with E-state index in [1.165, 1.54) is 20.1 Å². The number of rotatable bonds is 7. The number of aliphatic hydroxyl groups is 6. The quantitative estimate of drug-likeness (QED) is 0.208. The molecule has 14 heteroatoms. The van der Waals surface area contributed by atoms with Gasteiger partial charge in [0.15, 0.2) is 18.2 Å². The standard InChI is InChI=1S/C28H34O14/c1-11-21(32)23(34)25(36)27(38-11)42-26-24(35)22(33)19(10-29)41-28(26)39-14-7-15(30)20-16(31)9-17(40-18(20)8-14)12-3-5-13(37-2)6-4-12/h3-8,11,17,19,21-30,32-36H,9-10H2,1-2H3/t11-,17-,19-,21-,22+,23-,24-,25+,26-,27-,28+/m0/s1. The first-order valence-electron chi connectivity index (χ1n) is 13.4. The van der Waals surface area contributed by atoms with Crippen LogP contribution in [0.25, 0.3) is 0 Å². The highest BCUT2D eigenvalue weighted by molar-refractivity contribution is 6.02. The first kappa shape index (κ1) is 30.4. The minimum absolute atomic E-state index is 0.0200. The molecule has 42 heavy (non-hydrogen) atoms. The number of carbonyl (C=O) groups is 1. The third-order valence-electron chi connectivity index (χ3n) is 7.64. The topological polar surface area (TPSA) is 214 Å². The van der Waals surface area contributed by atoms with Crippen LogP contribution in [0.3, 0.4) is 0 Å². The fourth-order valence-corrected chi connectivity index (χ4v) is 5.20. The third-order valence-corrected chi connectivity index (χ3v) is 7.64. The Kier molecular flexibility index (Phi) is 8.89. The van der Waals surface area contributed by atoms with Crippen molar-refractivity contribution in [3.63, 3.8) is 0 Å². The van der Waals surface area contributed by atoms with E-state index in [0.717, 1.165) is 6.07 Å². The first-order valence-corrected chi connectivity index (χ1v) is 13.4. The Morgan fingerprint density at radius 2 is 1.60 bits per heavy atom. The van der Waals surface area contributed by atoms with Crippen molar-refractivity contribution in [2.24, 2.45) is 0 Å². The van der Waals surface area contributed by atoms with Crippen molar-refractivity contribution in [2.45, 2.75) is 80.9 Å². The molecule has 0 aliphatic carbocycles. The second-order valence-electron chi connectivity index (χ2n) is 10.4. The molecule has 14 nitrogen and oxygen atoms in total. The molecule has 0 saturated carbocycles. The van der Waals surface area contributed by atoms with Gasteiger partial charge in [-0.1, -0.05) is 12.1 Å². The Bertz CT molecular complexity index is 1250. The maximum Gasteiger partial charge on any atom is 0.229 e. The first-order chi connectivity index (χ1) is 20.0. The summed E-state index contributed by atoms with van der Waals surface area (Å²) in [4.78, 5) is 12.9. The summed E-state index contributed by atoms with van der Waals surface area (Å²) in [5.41, 5.74) is 0.647. The van der Waals surface area contributed by atoms with Crippen LogP contribution >= 0.6 is 0 Å². The molecule has 5 rings (SSSR count). The number of phenols is 1. The number of phenolic OH excluding ortho intramolecular Hbond substituents is 1. The summed E-state index contributed by atoms with van der Waals surface area (Å²) in [6.07, 6.45) is -15.8. The number of aromatic hydroxyl groups is 1. The number of ether oxygens (including phenoxy) is 6. The number of ketones is 1. The van der Waals surface area contributed by atoms with E-state index in [9.17, 15) is 40.5 Å². The lowest BCUT2D eigenvalue weighted by atomic mass is 9.95. The van der Waals surface area contributed by atoms with Gasteiger partial charge in [-0.2, -0.15) is 0 Å². The van der Waals surface area contributed by atoms with Gasteiger partial charge in [0, 0.05) is 12.1 Å². The summed E-state index contributed by atoms with van der Waals surface area (Å²) in [6.45, 7) is 0.733. The van der Waals surface area contributed by atoms with Crippen LogP contribution in [0.4, 0.5) is 0 Å². The molecule has 2 saturated heterocycles. The molecule has 230 valence electrons. The Morgan fingerprint density at radius 1 is 0.881 bits per heavy atom. The molecule has 3 aliphatic heterocycles. The Morgan fingerprint density at radius 3 is 2.26 bits per heavy atom. The molecule has 2 aromatic carbocycles. The molecular weight excluding hydrogens is 560 g/mol. The van der Waals surface area contributed by atoms with E-state index in [1.54, 1.807) is 24.3 Å². The highest BCUT2D eigenvalue weighted by atomic mass is 16.8. The van der Waals surface area contributed by atoms with Crippen LogP contribution in [-0.2, 0) is 14.2 Å². The maximum absolute atomic E-state index is 12.9. The zero-order chi connectivity index (χ0) is 30.3. The van der Waals surface area contributed by atoms with Gasteiger partial charge in [-0.3, -0.25) is 4.79 Å². The highest BCUT2D eigenvalue weighted by Gasteiger charge is 2.51. The van der Waals surface area contributed by atoms with Crippen LogP contribution in [0, 0.1) is 0 Å². The zero-order valence-corrected chi connectivity index (χ0v) is 22.7. The molecule has 3 aliphatic rings. The van der Waals surface area contributed by atoms with Crippen molar-refractivity contribution >= 4 is 5.78 Å². The molecule has 2 fully saturated rings. The third kappa shape index (κ3) is 5.77. The zero-order valence-electron chi connectivity index (χ0n) is 22.7. The van der Waals surface area contributed by atoms with Crippen LogP contribution in [0.1, 0.15) is 35.4 Å². The summed E-state index contributed by atoms with van der Waals surface area (Å²) < 4.78 is 33.9. The van der Waals surface area contributed by atoms with Gasteiger partial charge in [-0.15, -0.1) is 0 Å². The average molecular weight is 595 g/mol. The van der Waals surface area contributed by atoms with Gasteiger partial charge in [0.05, 0.1) is 26.2 Å². The molecule has 0 bridgehead atoms. The molecule has 0 amide bonds. The van der Waals surface area contributed by atoms with Gasteiger partial charge in [0.1, 0.15) is 71.3 Å². The molecule has 0 aromatic heterocycles. The van der Waals surface area contributed by atoms with Crippen molar-refractivity contribution in [1.82, 2.24) is 0 Å². The van der Waals surface area contributed by atoms with Crippen LogP contribution in [0.5, 0.6) is 23.0 Å². The second kappa shape index (κ2) is 12.3. The number of Topliss-reactive ketones (excluding diaryl/α,β-unsaturated/α-hetero) is 1. The van der Waals surface area contributed by atoms with Crippen LogP contribution in [0.15, 0.2) is 36.4 Å². The molecule has 11 atom stereocenters. The Balaban J connectivity index is 1.40. The molecule has 0 radical (unpaired) electrons. The van der Waals surface area contributed by atoms with E-state index < -0.39 is 79.9 Å². The van der Waals surface area contributed by atoms with E-state index in [2.05, 4.69) is 0 Å². The smallest absolute Gasteiger partial charge is 0.229 e. The summed E-state index contributed by atoms with van der Waals surface area (Å²) in [7, 11) is 1.53. The van der Waals surface area contributed by atoms with E-state index in [0.29, 0.717) is 11.3 Å². The van der Waals surface area contributed by atoms with E-state index >= 15 is 0 Å². The van der Waals surface area contributed by atoms with E-state index in [4.69, 9.17) is 28.4 Å². The summed E-state index contributed by atoms with van der Waals surface area (Å²) in [5.74, 6) is -0.244. The predicted molar refractivity (Wildman–Crippen MR) is 139 cm³/mol. The molecule has 2 aromatic rings. The van der Waals surface area contributed by atoms with E-state index in [1.807, 2.05) is 0 Å². The maximum atomic E-state index is 12.9. The minimum Gasteiger partial charge on any atom is -0.507 e. The SMILES string of the molecule is COc1ccc([C@@H]2CC(=O)c3c(O)cc(O[C@@H]4O[C@@H](CO)[C@@H](O)[C@H](O)[C@@H]4O[C@@H]4O[C@@H](C)[C@H](O)[C@H](O)[C@H]4O)cc3O2)cc1. The van der Waals surface area contributed by atoms with Crippen LogP contribution < -0.4 is 14.2 Å². The monoisotopic (exact) mass is 594 g/mol. The van der Waals surface area contributed by atoms with E-state index in [-0.39, 0.29) is 29.3 Å². The Hall–Kier alpha value is -3.05. The largest absolute Gasteiger partial charge is 0.507 e. The Labute approximate surface area is 240 Å². The van der Waals surface area contributed by atoms with Gasteiger partial charge in [0.2, 0.25) is 6.29 Å². The minimum atomic E-state index is -1.74. The highest BCUT2D eigenvalue weighted by Crippen LogP contribution is 2.43. The number of benzene rings is 2. The van der Waals surface area contributed by atoms with Gasteiger partial charge in [-0.25, -0.2) is 0 Å². The van der Waals surface area contributed by atoms with Crippen LogP contribution in [0.2, 0.25) is 0 Å². The molecule has 3 heterocycles. The summed E-state index contributed by atoms with van der Waals surface area (Å²) in [6, 6.07) is 9.42. The number of hydrogen-bond donors (Lipinski definition) is 7. The van der Waals surface area contributed by atoms with Crippen molar-refractivity contribution in [3.05, 3.63) is 47.5 Å². The summed E-state index contributed by atoms with van der Waals surface area (Å²) in [5, 5.41) is 72.3. The molecular formula is C28H34O14. The normalized spacial score (nSPS) is 36.6. The summed E-state index contributed by atoms with van der Waals surface area (Å²) >= 11 is 0.